The fourth-order valence-corrected chi connectivity index (χ4v) is 9.38. The van der Waals surface area contributed by atoms with Gasteiger partial charge in [0.25, 0.3) is 10.2 Å². The molecule has 56 heavy (non-hydrogen) atoms. The average Bonchev–Trinajstić information content (AvgIpc) is 3.05. The predicted molar refractivity (Wildman–Crippen MR) is 229 cm³/mol. The number of amides is 1. The topological polar surface area (TPSA) is 173 Å². The van der Waals surface area contributed by atoms with Crippen LogP contribution in [0.5, 0.6) is 5.75 Å². The van der Waals surface area contributed by atoms with Gasteiger partial charge in [0.15, 0.2) is 6.79 Å². The lowest BCUT2D eigenvalue weighted by Crippen LogP contribution is -2.59. The molecule has 0 radical (unpaired) electrons. The molecule has 0 bridgehead atoms. The first-order valence-electron chi connectivity index (χ1n) is 19.1. The van der Waals surface area contributed by atoms with E-state index in [1.54, 1.807) is 20.8 Å². The van der Waals surface area contributed by atoms with Crippen molar-refractivity contribution < 1.29 is 45.7 Å². The molecular formula is C38H68N4O10S2Si2. The number of nitrogens with one attached hydrogen (secondary N) is 2. The minimum Gasteiger partial charge on any atom is -0.465 e. The Kier molecular flexibility index (Phi) is 19.0. The quantitative estimate of drug-likeness (QED) is 0.0537. The molecule has 2 atom stereocenters. The van der Waals surface area contributed by atoms with Crippen molar-refractivity contribution in [2.45, 2.75) is 115 Å². The Hall–Kier alpha value is -2.56. The van der Waals surface area contributed by atoms with Crippen molar-refractivity contribution in [2.75, 3.05) is 51.7 Å². The molecule has 0 aliphatic heterocycles. The number of rotatable bonds is 25. The zero-order chi connectivity index (χ0) is 42.5. The molecule has 0 heterocycles. The fourth-order valence-electron chi connectivity index (χ4n) is 5.67. The van der Waals surface area contributed by atoms with Crippen molar-refractivity contribution in [1.82, 2.24) is 13.9 Å². The maximum Gasteiger partial charge on any atom is 0.408 e. The summed E-state index contributed by atoms with van der Waals surface area (Å²) < 4.78 is 84.4. The summed E-state index contributed by atoms with van der Waals surface area (Å²) in [5, 5.41) is 10.7. The zero-order valence-electron chi connectivity index (χ0n) is 35.5. The smallest absolute Gasteiger partial charge is 0.408 e. The van der Waals surface area contributed by atoms with Gasteiger partial charge in [0.05, 0.1) is 22.7 Å². The van der Waals surface area contributed by atoms with E-state index in [1.807, 2.05) is 44.2 Å². The third kappa shape index (κ3) is 17.5. The molecule has 0 aromatic heterocycles. The molecule has 3 N–H and O–H groups in total. The summed E-state index contributed by atoms with van der Waals surface area (Å²) in [5.74, 6) is -0.0737. The number of carboxylic acid groups (broad SMARTS) is 1. The van der Waals surface area contributed by atoms with Crippen LogP contribution in [0, 0.1) is 5.92 Å². The number of ether oxygens (including phenoxy) is 4. The van der Waals surface area contributed by atoms with E-state index in [9.17, 15) is 26.7 Å². The molecule has 2 rings (SSSR count). The zero-order valence-corrected chi connectivity index (χ0v) is 39.2. The highest BCUT2D eigenvalue weighted by atomic mass is 32.2. The van der Waals surface area contributed by atoms with Crippen molar-refractivity contribution in [3.8, 4) is 5.75 Å². The van der Waals surface area contributed by atoms with Crippen molar-refractivity contribution in [1.29, 1.82) is 0 Å². The molecule has 1 amide bonds. The van der Waals surface area contributed by atoms with Crippen LogP contribution in [0.25, 0.3) is 0 Å². The summed E-state index contributed by atoms with van der Waals surface area (Å²) in [7, 11) is -10.0. The molecule has 0 spiro atoms. The lowest BCUT2D eigenvalue weighted by molar-refractivity contribution is -0.118. The molecule has 0 saturated heterocycles. The molecule has 0 fully saturated rings. The van der Waals surface area contributed by atoms with E-state index in [0.29, 0.717) is 13.2 Å². The minimum atomic E-state index is -4.37. The summed E-state index contributed by atoms with van der Waals surface area (Å²) in [6, 6.07) is 14.3. The number of hydrogen-bond acceptors (Lipinski definition) is 9. The van der Waals surface area contributed by atoms with Crippen LogP contribution in [-0.2, 0) is 40.9 Å². The van der Waals surface area contributed by atoms with Crippen LogP contribution < -0.4 is 14.2 Å². The Morgan fingerprint density at radius 1 is 0.857 bits per heavy atom. The van der Waals surface area contributed by atoms with Crippen LogP contribution in [-0.4, -0.2) is 118 Å². The highest BCUT2D eigenvalue weighted by Gasteiger charge is 2.41. The summed E-state index contributed by atoms with van der Waals surface area (Å²) >= 11 is 0. The van der Waals surface area contributed by atoms with Gasteiger partial charge in [-0.3, -0.25) is 9.62 Å². The number of nitrogens with zero attached hydrogens (tertiary/aromatic N) is 2. The number of anilines is 1. The van der Waals surface area contributed by atoms with Crippen molar-refractivity contribution >= 4 is 48.2 Å². The Labute approximate surface area is 338 Å². The fraction of sp³-hybridized carbons (Fsp3) is 0.658. The van der Waals surface area contributed by atoms with Crippen LogP contribution in [0.2, 0.25) is 51.4 Å². The first kappa shape index (κ1) is 49.6. The van der Waals surface area contributed by atoms with Gasteiger partial charge in [0, 0.05) is 55.0 Å². The molecule has 2 aromatic rings. The van der Waals surface area contributed by atoms with Crippen LogP contribution in [0.1, 0.15) is 40.2 Å². The third-order valence-corrected chi connectivity index (χ3v) is 14.9. The molecule has 14 nitrogen and oxygen atoms in total. The van der Waals surface area contributed by atoms with Gasteiger partial charge >= 0.3 is 6.09 Å². The van der Waals surface area contributed by atoms with E-state index < -0.39 is 60.2 Å². The molecule has 320 valence electrons. The molecular weight excluding hydrogens is 793 g/mol. The third-order valence-electron chi connectivity index (χ3n) is 8.69. The van der Waals surface area contributed by atoms with E-state index in [0.717, 1.165) is 17.7 Å². The van der Waals surface area contributed by atoms with Gasteiger partial charge in [0.2, 0.25) is 10.0 Å². The largest absolute Gasteiger partial charge is 0.465 e. The van der Waals surface area contributed by atoms with Gasteiger partial charge in [-0.15, -0.1) is 0 Å². The Bertz CT molecular complexity index is 1730. The van der Waals surface area contributed by atoms with E-state index >= 15 is 0 Å². The van der Waals surface area contributed by atoms with Gasteiger partial charge in [-0.05, 0) is 69.0 Å². The van der Waals surface area contributed by atoms with Gasteiger partial charge in [-0.1, -0.05) is 83.5 Å². The van der Waals surface area contributed by atoms with Gasteiger partial charge in [0.1, 0.15) is 12.5 Å². The SMILES string of the molecule is CNS(=O)(=O)Nc1cc(S(=O)(=O)N(CC(C)C)C[C@@H](OCOCC[Si](C)(C)C)[C@H](Cc2ccccc2)N(C(=O)O)C(C)(C)C)ccc1OCOCC[Si](C)(C)C. The second kappa shape index (κ2) is 21.4. The van der Waals surface area contributed by atoms with Crippen molar-refractivity contribution in [2.24, 2.45) is 5.92 Å². The standard InChI is InChI=1S/C38H68N4O10S2Si2/c1-30(2)26-41(53(45,46)32-18-19-35(33(25-32)40-54(47,48)39-6)51-28-49-20-22-55(7,8)9)27-36(52-29-50-21-23-56(10,11)12)34(24-31-16-14-13-15-17-31)42(37(43)44)38(3,4)5/h13-19,25,30,34,36,39-40H,20-24,26-29H2,1-12H3,(H,43,44)/t34-,36+/m0/s1. The lowest BCUT2D eigenvalue weighted by atomic mass is 9.94. The first-order valence-corrected chi connectivity index (χ1v) is 29.4. The predicted octanol–water partition coefficient (Wildman–Crippen LogP) is 6.99. The second-order valence-corrected chi connectivity index (χ2v) is 32.6. The van der Waals surface area contributed by atoms with Gasteiger partial charge in [-0.2, -0.15) is 12.7 Å². The first-order chi connectivity index (χ1) is 25.8. The summed E-state index contributed by atoms with van der Waals surface area (Å²) in [6.45, 7) is 22.9. The highest BCUT2D eigenvalue weighted by Crippen LogP contribution is 2.32. The molecule has 0 aliphatic rings. The van der Waals surface area contributed by atoms with E-state index in [4.69, 9.17) is 18.9 Å². The summed E-state index contributed by atoms with van der Waals surface area (Å²) in [6.07, 6.45) is -1.92. The van der Waals surface area contributed by atoms with Crippen LogP contribution in [0.3, 0.4) is 0 Å². The van der Waals surface area contributed by atoms with E-state index in [-0.39, 0.29) is 55.3 Å². The van der Waals surface area contributed by atoms with E-state index in [1.165, 1.54) is 34.5 Å². The van der Waals surface area contributed by atoms with Crippen molar-refractivity contribution in [3.63, 3.8) is 0 Å². The summed E-state index contributed by atoms with van der Waals surface area (Å²) in [5.41, 5.74) is -0.143. The average molecular weight is 861 g/mol. The number of sulfonamides is 1. The second-order valence-electron chi connectivity index (χ2n) is 17.8. The Balaban J connectivity index is 2.67. The molecule has 0 unspecified atom stereocenters. The van der Waals surface area contributed by atoms with Crippen molar-refractivity contribution in [3.05, 3.63) is 54.1 Å². The highest BCUT2D eigenvalue weighted by molar-refractivity contribution is 7.90. The van der Waals surface area contributed by atoms with Crippen LogP contribution in [0.4, 0.5) is 10.5 Å². The minimum absolute atomic E-state index is 0.0556. The Morgan fingerprint density at radius 3 is 1.93 bits per heavy atom. The van der Waals surface area contributed by atoms with E-state index in [2.05, 4.69) is 48.7 Å². The Morgan fingerprint density at radius 2 is 1.43 bits per heavy atom. The lowest BCUT2D eigenvalue weighted by Gasteiger charge is -2.44. The van der Waals surface area contributed by atoms with Crippen LogP contribution >= 0.6 is 0 Å². The number of carbonyl (C=O) groups is 1. The normalized spacial score (nSPS) is 14.2. The maximum atomic E-state index is 14.7. The monoisotopic (exact) mass is 860 g/mol. The summed E-state index contributed by atoms with van der Waals surface area (Å²) in [4.78, 5) is 14.2. The number of hydrogen-bond donors (Lipinski definition) is 3. The van der Waals surface area contributed by atoms with Crippen LogP contribution in [0.15, 0.2) is 53.4 Å². The van der Waals surface area contributed by atoms with Gasteiger partial charge < -0.3 is 24.1 Å². The van der Waals surface area contributed by atoms with Gasteiger partial charge in [-0.25, -0.2) is 17.9 Å². The maximum absolute atomic E-state index is 14.7. The number of benzene rings is 2. The molecule has 2 aromatic carbocycles. The molecule has 18 heteroatoms. The molecule has 0 aliphatic carbocycles. The molecule has 0 saturated carbocycles.